The monoisotopic (exact) mass is 592 g/mol. The molecule has 0 aromatic rings. The molecule has 3 fully saturated rings. The molecule has 7 nitrogen and oxygen atoms in total. The lowest BCUT2D eigenvalue weighted by molar-refractivity contribution is -0.269. The van der Waals surface area contributed by atoms with Gasteiger partial charge in [0.2, 0.25) is 5.41 Å². The quantitative estimate of drug-likeness (QED) is 0.209. The van der Waals surface area contributed by atoms with Crippen LogP contribution in [-0.2, 0) is 28.6 Å². The molecular formula is C35H60O7. The van der Waals surface area contributed by atoms with Crippen molar-refractivity contribution in [2.75, 3.05) is 0 Å². The van der Waals surface area contributed by atoms with Crippen molar-refractivity contribution in [1.82, 2.24) is 0 Å². The van der Waals surface area contributed by atoms with Crippen LogP contribution in [0.1, 0.15) is 135 Å². The van der Waals surface area contributed by atoms with Gasteiger partial charge in [0, 0.05) is 5.41 Å². The highest BCUT2D eigenvalue weighted by Gasteiger charge is 2.79. The van der Waals surface area contributed by atoms with Gasteiger partial charge in [-0.05, 0) is 129 Å². The summed E-state index contributed by atoms with van der Waals surface area (Å²) in [6, 6.07) is 0. The maximum atomic E-state index is 14.6. The first kappa shape index (κ1) is 34.9. The number of fused-ring (bicyclic) bond motifs is 3. The van der Waals surface area contributed by atoms with E-state index in [0.717, 1.165) is 25.7 Å². The molecule has 2 bridgehead atoms. The van der Waals surface area contributed by atoms with Crippen LogP contribution in [0.25, 0.3) is 0 Å². The highest BCUT2D eigenvalue weighted by atomic mass is 16.6. The van der Waals surface area contributed by atoms with Gasteiger partial charge in [-0.1, -0.05) is 41.0 Å². The SMILES string of the molecule is C[C@@H]1CC(C(=O)OC(C)(C)C)(C(=O)OC(C)(C)C)C(O)(C(=O)OC(C)(C)C)[C@@]2(C)CC[C@H]3[C@H](C)CC[C@@H](C[C@H]12)C3(C)C. The Morgan fingerprint density at radius 2 is 1.12 bits per heavy atom. The zero-order valence-corrected chi connectivity index (χ0v) is 29.0. The van der Waals surface area contributed by atoms with E-state index in [0.29, 0.717) is 24.2 Å². The third kappa shape index (κ3) is 5.89. The molecule has 0 aromatic heterocycles. The van der Waals surface area contributed by atoms with Crippen molar-refractivity contribution < 1.29 is 33.7 Å². The number of rotatable bonds is 3. The topological polar surface area (TPSA) is 99.1 Å². The number of ether oxygens (including phenoxy) is 3. The van der Waals surface area contributed by atoms with Gasteiger partial charge in [0.1, 0.15) is 16.8 Å². The summed E-state index contributed by atoms with van der Waals surface area (Å²) in [5, 5.41) is 13.3. The molecule has 7 atom stereocenters. The second-order valence-electron chi connectivity index (χ2n) is 17.8. The average Bonchev–Trinajstić information content (AvgIpc) is 2.76. The van der Waals surface area contributed by atoms with Gasteiger partial charge in [0.25, 0.3) is 0 Å². The van der Waals surface area contributed by atoms with E-state index in [9.17, 15) is 19.5 Å². The zero-order chi connectivity index (χ0) is 32.5. The van der Waals surface area contributed by atoms with Crippen molar-refractivity contribution >= 4 is 17.9 Å². The minimum absolute atomic E-state index is 0.0696. The third-order valence-electron chi connectivity index (χ3n) is 10.9. The fourth-order valence-electron chi connectivity index (χ4n) is 8.96. The number of hydrogen-bond donors (Lipinski definition) is 1. The molecule has 3 aliphatic carbocycles. The maximum Gasteiger partial charge on any atom is 0.341 e. The summed E-state index contributed by atoms with van der Waals surface area (Å²) in [5.74, 6) is -1.86. The molecule has 242 valence electrons. The first-order valence-corrected chi connectivity index (χ1v) is 16.2. The van der Waals surface area contributed by atoms with Crippen molar-refractivity contribution in [3.63, 3.8) is 0 Å². The Labute approximate surface area is 255 Å². The van der Waals surface area contributed by atoms with Crippen LogP contribution in [-0.4, -0.2) is 45.4 Å². The van der Waals surface area contributed by atoms with E-state index >= 15 is 0 Å². The van der Waals surface area contributed by atoms with Crippen LogP contribution in [0.15, 0.2) is 0 Å². The molecule has 42 heavy (non-hydrogen) atoms. The zero-order valence-electron chi connectivity index (χ0n) is 29.0. The van der Waals surface area contributed by atoms with Crippen LogP contribution in [0.2, 0.25) is 0 Å². The predicted octanol–water partition coefficient (Wildman–Crippen LogP) is 7.26. The van der Waals surface area contributed by atoms with E-state index in [2.05, 4.69) is 27.7 Å². The van der Waals surface area contributed by atoms with Gasteiger partial charge in [0.15, 0.2) is 5.60 Å². The van der Waals surface area contributed by atoms with Gasteiger partial charge in [0.05, 0.1) is 0 Å². The predicted molar refractivity (Wildman–Crippen MR) is 163 cm³/mol. The number of aliphatic hydroxyl groups is 1. The van der Waals surface area contributed by atoms with Crippen molar-refractivity contribution in [1.29, 1.82) is 0 Å². The van der Waals surface area contributed by atoms with Crippen molar-refractivity contribution in [2.24, 2.45) is 45.8 Å². The molecule has 7 heteroatoms. The standard InChI is InChI=1S/C35H60O7/c1-21-15-16-23-19-25-22(2)20-34(26(36)40-29(3,4)5,27(37)41-30(6,7)8)35(39,28(38)42-31(9,10)11)33(25,14)18-17-24(21)32(23,12)13/h21-25,39H,15-20H2,1-14H3/t21-,22-,23+,24+,25-,33+,35?/m1/s1. The smallest absolute Gasteiger partial charge is 0.341 e. The molecule has 1 N–H and O–H groups in total. The highest BCUT2D eigenvalue weighted by molar-refractivity contribution is 6.08. The summed E-state index contributed by atoms with van der Waals surface area (Å²) in [6.45, 7) is 26.5. The maximum absolute atomic E-state index is 14.6. The minimum atomic E-state index is -2.52. The molecule has 0 saturated heterocycles. The Morgan fingerprint density at radius 1 is 0.667 bits per heavy atom. The molecule has 1 unspecified atom stereocenters. The Bertz CT molecular complexity index is 1030. The molecule has 0 aliphatic heterocycles. The van der Waals surface area contributed by atoms with Gasteiger partial charge in [-0.25, -0.2) is 4.79 Å². The highest BCUT2D eigenvalue weighted by Crippen LogP contribution is 2.67. The van der Waals surface area contributed by atoms with E-state index in [1.165, 1.54) is 0 Å². The third-order valence-corrected chi connectivity index (χ3v) is 10.9. The van der Waals surface area contributed by atoms with E-state index in [1.54, 1.807) is 62.3 Å². The lowest BCUT2D eigenvalue weighted by Crippen LogP contribution is -2.76. The fourth-order valence-corrected chi connectivity index (χ4v) is 8.96. The summed E-state index contributed by atoms with van der Waals surface area (Å²) < 4.78 is 17.8. The van der Waals surface area contributed by atoms with E-state index in [-0.39, 0.29) is 23.7 Å². The van der Waals surface area contributed by atoms with E-state index in [1.807, 2.05) is 6.92 Å². The van der Waals surface area contributed by atoms with Crippen LogP contribution in [0, 0.1) is 45.8 Å². The second kappa shape index (κ2) is 10.8. The molecule has 0 aromatic carbocycles. The number of carbonyl (C=O) groups excluding carboxylic acids is 3. The fraction of sp³-hybridized carbons (Fsp3) is 0.914. The Morgan fingerprint density at radius 3 is 1.57 bits per heavy atom. The van der Waals surface area contributed by atoms with E-state index < -0.39 is 51.1 Å². The van der Waals surface area contributed by atoms with Crippen LogP contribution in [0.5, 0.6) is 0 Å². The first-order valence-electron chi connectivity index (χ1n) is 16.2. The van der Waals surface area contributed by atoms with Crippen LogP contribution >= 0.6 is 0 Å². The molecule has 0 radical (unpaired) electrons. The first-order chi connectivity index (χ1) is 18.7. The van der Waals surface area contributed by atoms with Crippen LogP contribution in [0.3, 0.4) is 0 Å². The van der Waals surface area contributed by atoms with Crippen molar-refractivity contribution in [3.05, 3.63) is 0 Å². The van der Waals surface area contributed by atoms with Gasteiger partial charge in [-0.15, -0.1) is 0 Å². The normalized spacial score (nSPS) is 36.5. The summed E-state index contributed by atoms with van der Waals surface area (Å²) in [4.78, 5) is 43.7. The molecule has 3 aliphatic rings. The molecule has 0 heterocycles. The van der Waals surface area contributed by atoms with Crippen LogP contribution in [0.4, 0.5) is 0 Å². The summed E-state index contributed by atoms with van der Waals surface area (Å²) in [5.41, 5.74) is -8.80. The molecule has 0 spiro atoms. The second-order valence-corrected chi connectivity index (χ2v) is 17.8. The lowest BCUT2D eigenvalue weighted by Gasteiger charge is -2.64. The van der Waals surface area contributed by atoms with Gasteiger partial charge in [-0.2, -0.15) is 0 Å². The summed E-state index contributed by atoms with van der Waals surface area (Å²) >= 11 is 0. The minimum Gasteiger partial charge on any atom is -0.459 e. The largest absolute Gasteiger partial charge is 0.459 e. The number of hydrogen-bond acceptors (Lipinski definition) is 7. The number of carbonyl (C=O) groups is 3. The van der Waals surface area contributed by atoms with Gasteiger partial charge >= 0.3 is 17.9 Å². The summed E-state index contributed by atoms with van der Waals surface area (Å²) in [7, 11) is 0. The number of esters is 3. The molecular weight excluding hydrogens is 532 g/mol. The van der Waals surface area contributed by atoms with Gasteiger partial charge < -0.3 is 19.3 Å². The average molecular weight is 593 g/mol. The van der Waals surface area contributed by atoms with E-state index in [4.69, 9.17) is 14.2 Å². The Hall–Kier alpha value is -1.63. The summed E-state index contributed by atoms with van der Waals surface area (Å²) in [6.07, 6.45) is 4.22. The molecule has 0 amide bonds. The Balaban J connectivity index is 2.38. The lowest BCUT2D eigenvalue weighted by atomic mass is 9.40. The molecule has 3 saturated carbocycles. The van der Waals surface area contributed by atoms with Crippen molar-refractivity contribution in [2.45, 2.75) is 158 Å². The Kier molecular flexibility index (Phi) is 8.94. The van der Waals surface area contributed by atoms with Crippen molar-refractivity contribution in [3.8, 4) is 0 Å². The van der Waals surface area contributed by atoms with Crippen LogP contribution < -0.4 is 0 Å². The van der Waals surface area contributed by atoms with Gasteiger partial charge in [-0.3, -0.25) is 9.59 Å². The molecule has 3 rings (SSSR count).